The van der Waals surface area contributed by atoms with Crippen molar-refractivity contribution in [1.82, 2.24) is 0 Å². The minimum atomic E-state index is -0.118. The van der Waals surface area contributed by atoms with Crippen molar-refractivity contribution < 1.29 is 0 Å². The van der Waals surface area contributed by atoms with Gasteiger partial charge in [-0.2, -0.15) is 0 Å². The molecule has 0 aromatic rings. The summed E-state index contributed by atoms with van der Waals surface area (Å²) in [4.78, 5) is 0. The molecule has 0 aromatic carbocycles. The topological polar surface area (TPSA) is 0 Å². The molecule has 0 N–H and O–H groups in total. The van der Waals surface area contributed by atoms with Crippen molar-refractivity contribution in [1.29, 1.82) is 0 Å². The van der Waals surface area contributed by atoms with Gasteiger partial charge in [-0.15, -0.1) is 0 Å². The number of alkyl halides is 4. The van der Waals surface area contributed by atoms with Crippen molar-refractivity contribution in [2.75, 3.05) is 0 Å². The maximum Gasteiger partial charge on any atom is 0.0823 e. The Morgan fingerprint density at radius 1 is 1.50 bits per heavy atom. The summed E-state index contributed by atoms with van der Waals surface area (Å²) in [5.74, 6) is 0. The summed E-state index contributed by atoms with van der Waals surface area (Å²) in [6.45, 7) is 3.83. The van der Waals surface area contributed by atoms with Gasteiger partial charge in [0.2, 0.25) is 0 Å². The standard InChI is InChI=1S/C4H5Br2I2/c1-4(5,6)2-3(7)8/h3H,1-2H2. The van der Waals surface area contributed by atoms with Gasteiger partial charge in [-0.3, -0.25) is 0 Å². The van der Waals surface area contributed by atoms with E-state index in [2.05, 4.69) is 84.0 Å². The van der Waals surface area contributed by atoms with Crippen LogP contribution in [0.2, 0.25) is 0 Å². The van der Waals surface area contributed by atoms with Crippen LogP contribution < -0.4 is 0 Å². The summed E-state index contributed by atoms with van der Waals surface area (Å²) >= 11 is 11.5. The third-order valence-corrected chi connectivity index (χ3v) is 1.98. The van der Waals surface area contributed by atoms with Crippen molar-refractivity contribution >= 4 is 77.0 Å². The van der Waals surface area contributed by atoms with E-state index < -0.39 is 0 Å². The van der Waals surface area contributed by atoms with Crippen LogP contribution in [0.1, 0.15) is 6.42 Å². The maximum absolute atomic E-state index is 3.83. The molecule has 0 heterocycles. The van der Waals surface area contributed by atoms with Crippen LogP contribution in [-0.2, 0) is 0 Å². The summed E-state index contributed by atoms with van der Waals surface area (Å²) < 4.78 is 0.508. The van der Waals surface area contributed by atoms with E-state index >= 15 is 0 Å². The summed E-state index contributed by atoms with van der Waals surface area (Å²) in [6, 6.07) is 0. The molecule has 0 spiro atoms. The number of halogens is 4. The van der Waals surface area contributed by atoms with Gasteiger partial charge in [-0.05, 0) is 13.3 Å². The quantitative estimate of drug-likeness (QED) is 0.428. The second-order valence-electron chi connectivity index (χ2n) is 1.45. The van der Waals surface area contributed by atoms with Crippen molar-refractivity contribution in [2.45, 2.75) is 11.6 Å². The normalized spacial score (nSPS) is 12.8. The lowest BCUT2D eigenvalue weighted by molar-refractivity contribution is 0.961. The molecule has 0 saturated carbocycles. The Kier molecular flexibility index (Phi) is 5.64. The first-order valence-corrected chi connectivity index (χ1v) is 6.01. The Bertz CT molecular complexity index is 66.9. The van der Waals surface area contributed by atoms with Crippen LogP contribution in [0.25, 0.3) is 0 Å². The third-order valence-electron chi connectivity index (χ3n) is 0.453. The van der Waals surface area contributed by atoms with E-state index in [4.69, 9.17) is 0 Å². The van der Waals surface area contributed by atoms with E-state index in [1.165, 1.54) is 0 Å². The average molecular weight is 467 g/mol. The number of rotatable bonds is 2. The molecule has 0 nitrogen and oxygen atoms in total. The molecule has 0 bridgehead atoms. The first-order chi connectivity index (χ1) is 3.42. The largest absolute Gasteiger partial charge is 0.0823 e. The highest BCUT2D eigenvalue weighted by Gasteiger charge is 2.17. The molecule has 0 aromatic heterocycles. The fourth-order valence-electron chi connectivity index (χ4n) is 0.226. The summed E-state index contributed by atoms with van der Waals surface area (Å²) in [7, 11) is 0. The molecule has 0 fully saturated rings. The highest BCUT2D eigenvalue weighted by Crippen LogP contribution is 2.34. The first-order valence-electron chi connectivity index (χ1n) is 1.93. The van der Waals surface area contributed by atoms with Gasteiger partial charge in [0.25, 0.3) is 0 Å². The SMILES string of the molecule is [CH2]C(Br)(Br)CC(I)I. The van der Waals surface area contributed by atoms with E-state index in [1.54, 1.807) is 0 Å². The lowest BCUT2D eigenvalue weighted by Crippen LogP contribution is -2.07. The van der Waals surface area contributed by atoms with Crippen LogP contribution in [0.5, 0.6) is 0 Å². The maximum atomic E-state index is 3.83. The molecule has 0 amide bonds. The Morgan fingerprint density at radius 2 is 1.88 bits per heavy atom. The fourth-order valence-corrected chi connectivity index (χ4v) is 4.80. The zero-order valence-corrected chi connectivity index (χ0v) is 11.5. The van der Waals surface area contributed by atoms with Crippen molar-refractivity contribution in [3.8, 4) is 0 Å². The molecule has 0 atom stereocenters. The van der Waals surface area contributed by atoms with Crippen LogP contribution in [0, 0.1) is 6.92 Å². The molecule has 1 radical (unpaired) electrons. The predicted octanol–water partition coefficient (Wildman–Crippen LogP) is 3.89. The highest BCUT2D eigenvalue weighted by molar-refractivity contribution is 14.2. The van der Waals surface area contributed by atoms with Crippen LogP contribution in [0.3, 0.4) is 0 Å². The first kappa shape index (κ1) is 10.4. The molecule has 4 heteroatoms. The van der Waals surface area contributed by atoms with E-state index in [-0.39, 0.29) is 3.23 Å². The second kappa shape index (κ2) is 4.33. The van der Waals surface area contributed by atoms with Gasteiger partial charge in [0.15, 0.2) is 0 Å². The zero-order valence-electron chi connectivity index (χ0n) is 4.00. The van der Waals surface area contributed by atoms with Gasteiger partial charge in [0.05, 0.1) is 5.16 Å². The lowest BCUT2D eigenvalue weighted by atomic mass is 10.4. The third kappa shape index (κ3) is 8.42. The summed E-state index contributed by atoms with van der Waals surface area (Å²) in [6.07, 6.45) is 1.02. The molecule has 8 heavy (non-hydrogen) atoms. The fraction of sp³-hybridized carbons (Fsp3) is 0.750. The Hall–Kier alpha value is 2.42. The Labute approximate surface area is 94.1 Å². The van der Waals surface area contributed by atoms with Crippen LogP contribution >= 0.6 is 77.0 Å². The van der Waals surface area contributed by atoms with Gasteiger partial charge in [-0.1, -0.05) is 77.0 Å². The highest BCUT2D eigenvalue weighted by atomic mass is 127. The number of hydrogen-bond acceptors (Lipinski definition) is 0. The molecule has 49 valence electrons. The Morgan fingerprint density at radius 3 is 1.88 bits per heavy atom. The molecule has 0 rings (SSSR count). The summed E-state index contributed by atoms with van der Waals surface area (Å²) in [5, 5.41) is 0. The molecule has 0 saturated heterocycles. The van der Waals surface area contributed by atoms with Gasteiger partial charge in [0, 0.05) is 0 Å². The minimum absolute atomic E-state index is 0.118. The zero-order chi connectivity index (χ0) is 6.78. The predicted molar refractivity (Wildman–Crippen MR) is 62.4 cm³/mol. The van der Waals surface area contributed by atoms with E-state index in [0.717, 1.165) is 6.42 Å². The van der Waals surface area contributed by atoms with Crippen LogP contribution in [-0.4, -0.2) is 5.16 Å². The molecule has 0 aliphatic rings. The molecule has 0 unspecified atom stereocenters. The lowest BCUT2D eigenvalue weighted by Gasteiger charge is -2.13. The molecule has 0 aliphatic carbocycles. The molecule has 0 aliphatic heterocycles. The van der Waals surface area contributed by atoms with Crippen molar-refractivity contribution in [3.05, 3.63) is 6.92 Å². The van der Waals surface area contributed by atoms with Gasteiger partial charge >= 0.3 is 0 Å². The van der Waals surface area contributed by atoms with Gasteiger partial charge in [0.1, 0.15) is 0 Å². The summed E-state index contributed by atoms with van der Waals surface area (Å²) in [5.41, 5.74) is 0. The van der Waals surface area contributed by atoms with Gasteiger partial charge in [-0.25, -0.2) is 0 Å². The number of hydrogen-bond donors (Lipinski definition) is 0. The average Bonchev–Trinajstić information content (AvgIpc) is 1.21. The van der Waals surface area contributed by atoms with Crippen LogP contribution in [0.4, 0.5) is 0 Å². The monoisotopic (exact) mass is 465 g/mol. The molecular formula is C4H5Br2I2. The van der Waals surface area contributed by atoms with Crippen molar-refractivity contribution in [2.24, 2.45) is 0 Å². The minimum Gasteiger partial charge on any atom is -0.0727 e. The second-order valence-corrected chi connectivity index (χ2v) is 10.9. The van der Waals surface area contributed by atoms with Crippen molar-refractivity contribution in [3.63, 3.8) is 0 Å². The Balaban J connectivity index is 3.39. The van der Waals surface area contributed by atoms with E-state index in [9.17, 15) is 0 Å². The van der Waals surface area contributed by atoms with Gasteiger partial charge < -0.3 is 0 Å². The smallest absolute Gasteiger partial charge is 0.0727 e. The van der Waals surface area contributed by atoms with E-state index in [1.807, 2.05) is 0 Å². The van der Waals surface area contributed by atoms with E-state index in [0.29, 0.717) is 1.93 Å². The molecular weight excluding hydrogens is 462 g/mol. The van der Waals surface area contributed by atoms with Crippen LogP contribution in [0.15, 0.2) is 0 Å².